The number of phenols is 2. The van der Waals surface area contributed by atoms with E-state index >= 15 is 0 Å². The van der Waals surface area contributed by atoms with Gasteiger partial charge in [-0.25, -0.2) is 4.79 Å². The number of rotatable bonds is 7. The molecule has 0 amide bonds. The first-order valence-electron chi connectivity index (χ1n) is 7.61. The summed E-state index contributed by atoms with van der Waals surface area (Å²) in [5, 5.41) is 18.7. The van der Waals surface area contributed by atoms with Crippen LogP contribution in [0.3, 0.4) is 0 Å². The highest BCUT2D eigenvalue weighted by molar-refractivity contribution is 5.99. The molecular formula is C18H20ClNO6. The molecular weight excluding hydrogens is 362 g/mol. The van der Waals surface area contributed by atoms with E-state index in [9.17, 15) is 19.8 Å². The van der Waals surface area contributed by atoms with Gasteiger partial charge < -0.3 is 15.9 Å². The molecule has 2 aromatic carbocycles. The number of ketones is 1. The van der Waals surface area contributed by atoms with Crippen molar-refractivity contribution in [3.8, 4) is 11.5 Å². The van der Waals surface area contributed by atoms with Gasteiger partial charge in [0.25, 0.3) is 0 Å². The average molecular weight is 382 g/mol. The molecule has 0 aromatic heterocycles. The van der Waals surface area contributed by atoms with Gasteiger partial charge in [-0.3, -0.25) is 9.68 Å². The topological polar surface area (TPSA) is 119 Å². The number of carbonyl (C=O) groups excluding carboxylic acids is 2. The molecule has 0 aliphatic heterocycles. The number of hydrogen-bond donors (Lipinski definition) is 3. The molecule has 0 aliphatic carbocycles. The number of benzene rings is 2. The van der Waals surface area contributed by atoms with Crippen LogP contribution in [-0.2, 0) is 21.0 Å². The SMILES string of the molecule is C[C@@H](OOC(=O)[C@@H](N)Cc1ccc(O)c(O)c1)C(=O)c1ccccc1.Cl. The minimum absolute atomic E-state index is 0. The van der Waals surface area contributed by atoms with E-state index in [1.54, 1.807) is 30.3 Å². The molecule has 26 heavy (non-hydrogen) atoms. The van der Waals surface area contributed by atoms with Crippen molar-refractivity contribution in [2.24, 2.45) is 5.73 Å². The Labute approximate surface area is 156 Å². The Bertz CT molecular complexity index is 753. The van der Waals surface area contributed by atoms with Crippen molar-refractivity contribution in [3.05, 3.63) is 59.7 Å². The predicted molar refractivity (Wildman–Crippen MR) is 96.1 cm³/mol. The van der Waals surface area contributed by atoms with E-state index in [1.165, 1.54) is 25.1 Å². The minimum Gasteiger partial charge on any atom is -0.504 e. The molecule has 4 N–H and O–H groups in total. The van der Waals surface area contributed by atoms with Crippen LogP contribution in [-0.4, -0.2) is 34.1 Å². The summed E-state index contributed by atoms with van der Waals surface area (Å²) in [5.41, 5.74) is 6.70. The third kappa shape index (κ3) is 5.73. The van der Waals surface area contributed by atoms with Gasteiger partial charge in [-0.1, -0.05) is 36.4 Å². The molecule has 2 rings (SSSR count). The molecule has 0 bridgehead atoms. The normalized spacial score (nSPS) is 12.5. The summed E-state index contributed by atoms with van der Waals surface area (Å²) in [7, 11) is 0. The number of halogens is 1. The number of nitrogens with two attached hydrogens (primary N) is 1. The van der Waals surface area contributed by atoms with Crippen LogP contribution in [0.2, 0.25) is 0 Å². The standard InChI is InChI=1S/C18H19NO6.ClH/c1-11(17(22)13-5-3-2-4-6-13)24-25-18(23)14(19)9-12-7-8-15(20)16(21)10-12;/h2-8,10-11,14,20-21H,9,19H2,1H3;1H/t11-,14+;/m1./s1. The third-order valence-electron chi connectivity index (χ3n) is 3.50. The molecule has 0 heterocycles. The fourth-order valence-corrected chi connectivity index (χ4v) is 2.10. The second-order valence-electron chi connectivity index (χ2n) is 5.50. The van der Waals surface area contributed by atoms with Crippen LogP contribution in [0.1, 0.15) is 22.8 Å². The molecule has 0 aliphatic rings. The van der Waals surface area contributed by atoms with Crippen molar-refractivity contribution >= 4 is 24.2 Å². The number of hydrogen-bond acceptors (Lipinski definition) is 7. The Kier molecular flexibility index (Phi) is 8.05. The smallest absolute Gasteiger partial charge is 0.359 e. The molecule has 0 saturated heterocycles. The number of carbonyl (C=O) groups is 2. The second-order valence-corrected chi connectivity index (χ2v) is 5.50. The van der Waals surface area contributed by atoms with E-state index in [1.807, 2.05) is 0 Å². The van der Waals surface area contributed by atoms with Crippen LogP contribution in [0.15, 0.2) is 48.5 Å². The number of phenolic OH excluding ortho intramolecular Hbond substituents is 2. The van der Waals surface area contributed by atoms with Gasteiger partial charge in [-0.2, -0.15) is 4.89 Å². The highest BCUT2D eigenvalue weighted by Gasteiger charge is 2.22. The number of Topliss-reactive ketones (excluding diaryl/α,β-unsaturated/α-hetero) is 1. The van der Waals surface area contributed by atoms with Crippen molar-refractivity contribution in [3.63, 3.8) is 0 Å². The van der Waals surface area contributed by atoms with E-state index in [2.05, 4.69) is 4.89 Å². The Hall–Kier alpha value is -2.61. The maximum atomic E-state index is 12.1. The van der Waals surface area contributed by atoms with E-state index in [0.29, 0.717) is 11.1 Å². The van der Waals surface area contributed by atoms with Crippen LogP contribution >= 0.6 is 12.4 Å². The van der Waals surface area contributed by atoms with Crippen molar-refractivity contribution in [2.75, 3.05) is 0 Å². The minimum atomic E-state index is -1.05. The fourth-order valence-electron chi connectivity index (χ4n) is 2.10. The molecule has 0 saturated carbocycles. The lowest BCUT2D eigenvalue weighted by Gasteiger charge is -2.14. The Morgan fingerprint density at radius 1 is 1.08 bits per heavy atom. The number of aromatic hydroxyl groups is 2. The van der Waals surface area contributed by atoms with Gasteiger partial charge in [0.15, 0.2) is 23.4 Å². The first kappa shape index (κ1) is 21.4. The average Bonchev–Trinajstić information content (AvgIpc) is 2.62. The molecule has 0 fully saturated rings. The van der Waals surface area contributed by atoms with Crippen LogP contribution < -0.4 is 5.73 Å². The highest BCUT2D eigenvalue weighted by atomic mass is 35.5. The Balaban J connectivity index is 0.00000338. The molecule has 2 aromatic rings. The van der Waals surface area contributed by atoms with Crippen LogP contribution in [0.5, 0.6) is 11.5 Å². The summed E-state index contributed by atoms with van der Waals surface area (Å²) in [6, 6.07) is 11.5. The van der Waals surface area contributed by atoms with Gasteiger partial charge in [-0.15, -0.1) is 12.4 Å². The van der Waals surface area contributed by atoms with Crippen molar-refractivity contribution in [1.82, 2.24) is 0 Å². The van der Waals surface area contributed by atoms with Crippen LogP contribution in [0.4, 0.5) is 0 Å². The zero-order chi connectivity index (χ0) is 18.4. The summed E-state index contributed by atoms with van der Waals surface area (Å²) in [5.74, 6) is -1.75. The zero-order valence-corrected chi connectivity index (χ0v) is 14.8. The monoisotopic (exact) mass is 381 g/mol. The lowest BCUT2D eigenvalue weighted by Crippen LogP contribution is -2.36. The molecule has 2 atom stereocenters. The predicted octanol–water partition coefficient (Wildman–Crippen LogP) is 2.14. The molecule has 140 valence electrons. The van der Waals surface area contributed by atoms with Gasteiger partial charge >= 0.3 is 5.97 Å². The van der Waals surface area contributed by atoms with Crippen molar-refractivity contribution < 1.29 is 29.6 Å². The third-order valence-corrected chi connectivity index (χ3v) is 3.50. The summed E-state index contributed by atoms with van der Waals surface area (Å²) >= 11 is 0. The van der Waals surface area contributed by atoms with E-state index in [-0.39, 0.29) is 36.1 Å². The lowest BCUT2D eigenvalue weighted by molar-refractivity contribution is -0.285. The zero-order valence-electron chi connectivity index (χ0n) is 14.0. The van der Waals surface area contributed by atoms with Gasteiger partial charge in [0.05, 0.1) is 0 Å². The first-order valence-corrected chi connectivity index (χ1v) is 7.61. The molecule has 0 radical (unpaired) electrons. The van der Waals surface area contributed by atoms with Gasteiger partial charge in [0.1, 0.15) is 6.04 Å². The van der Waals surface area contributed by atoms with E-state index in [0.717, 1.165) is 0 Å². The second kappa shape index (κ2) is 9.76. The lowest BCUT2D eigenvalue weighted by atomic mass is 10.1. The van der Waals surface area contributed by atoms with Crippen molar-refractivity contribution in [1.29, 1.82) is 0 Å². The maximum Gasteiger partial charge on any atom is 0.359 e. The molecule has 0 spiro atoms. The fraction of sp³-hybridized carbons (Fsp3) is 0.222. The first-order chi connectivity index (χ1) is 11.9. The van der Waals surface area contributed by atoms with Crippen molar-refractivity contribution in [2.45, 2.75) is 25.5 Å². The molecule has 7 nitrogen and oxygen atoms in total. The van der Waals surface area contributed by atoms with Gasteiger partial charge in [0.2, 0.25) is 0 Å². The summed E-state index contributed by atoms with van der Waals surface area (Å²) in [6.07, 6.45) is -0.909. The quantitative estimate of drug-likeness (QED) is 0.291. The molecule has 8 heteroatoms. The van der Waals surface area contributed by atoms with E-state index in [4.69, 9.17) is 10.6 Å². The maximum absolute atomic E-state index is 12.1. The van der Waals surface area contributed by atoms with Gasteiger partial charge in [-0.05, 0) is 31.0 Å². The van der Waals surface area contributed by atoms with Crippen LogP contribution in [0, 0.1) is 0 Å². The summed E-state index contributed by atoms with van der Waals surface area (Å²) in [6.45, 7) is 1.46. The van der Waals surface area contributed by atoms with Gasteiger partial charge in [0, 0.05) is 5.56 Å². The van der Waals surface area contributed by atoms with E-state index < -0.39 is 18.1 Å². The van der Waals surface area contributed by atoms with Crippen LogP contribution in [0.25, 0.3) is 0 Å². The molecule has 0 unspecified atom stereocenters. The Morgan fingerprint density at radius 3 is 2.35 bits per heavy atom. The summed E-state index contributed by atoms with van der Waals surface area (Å²) < 4.78 is 0. The highest BCUT2D eigenvalue weighted by Crippen LogP contribution is 2.25. The summed E-state index contributed by atoms with van der Waals surface area (Å²) in [4.78, 5) is 33.4. The largest absolute Gasteiger partial charge is 0.504 e. The Morgan fingerprint density at radius 2 is 1.73 bits per heavy atom.